The van der Waals surface area contributed by atoms with E-state index in [9.17, 15) is 9.18 Å². The number of fused-ring (bicyclic) bond motifs is 2. The Hall–Kier alpha value is -2.50. The summed E-state index contributed by atoms with van der Waals surface area (Å²) in [5.41, 5.74) is 8.25. The highest BCUT2D eigenvalue weighted by atomic mass is 19.1. The van der Waals surface area contributed by atoms with E-state index in [0.29, 0.717) is 5.82 Å². The van der Waals surface area contributed by atoms with E-state index in [1.807, 2.05) is 24.0 Å². The topological polar surface area (TPSA) is 72.1 Å². The van der Waals surface area contributed by atoms with Crippen molar-refractivity contribution in [2.45, 2.75) is 44.2 Å². The number of rotatable bonds is 2. The Morgan fingerprint density at radius 3 is 2.79 bits per heavy atom. The quantitative estimate of drug-likeness (QED) is 0.921. The highest BCUT2D eigenvalue weighted by Crippen LogP contribution is 2.54. The number of amides is 2. The second-order valence-electron chi connectivity index (χ2n) is 6.74. The molecule has 1 aromatic carbocycles. The van der Waals surface area contributed by atoms with Gasteiger partial charge in [0.05, 0.1) is 17.9 Å². The maximum atomic E-state index is 13.1. The maximum Gasteiger partial charge on any atom is 0.315 e. The fourth-order valence-corrected chi connectivity index (χ4v) is 4.30. The van der Waals surface area contributed by atoms with E-state index >= 15 is 0 Å². The van der Waals surface area contributed by atoms with E-state index in [1.54, 1.807) is 0 Å². The van der Waals surface area contributed by atoms with Crippen LogP contribution in [0.15, 0.2) is 30.6 Å². The van der Waals surface area contributed by atoms with Crippen LogP contribution in [0.25, 0.3) is 11.4 Å². The molecular weight excluding hydrogens is 307 g/mol. The summed E-state index contributed by atoms with van der Waals surface area (Å²) in [4.78, 5) is 21.9. The molecule has 1 saturated carbocycles. The number of carbonyl (C=O) groups is 1. The van der Waals surface area contributed by atoms with Gasteiger partial charge >= 0.3 is 6.03 Å². The number of primary amides is 1. The van der Waals surface area contributed by atoms with Crippen molar-refractivity contribution in [3.8, 4) is 11.4 Å². The number of nitrogens with zero attached hydrogens (tertiary/aromatic N) is 3. The van der Waals surface area contributed by atoms with Crippen molar-refractivity contribution in [3.05, 3.63) is 47.5 Å². The Bertz CT molecular complexity index is 803. The van der Waals surface area contributed by atoms with Crippen LogP contribution in [0.2, 0.25) is 0 Å². The van der Waals surface area contributed by atoms with Crippen LogP contribution in [0, 0.1) is 12.7 Å². The van der Waals surface area contributed by atoms with Crippen molar-refractivity contribution in [3.63, 3.8) is 0 Å². The summed E-state index contributed by atoms with van der Waals surface area (Å²) in [7, 11) is 0. The molecule has 0 spiro atoms. The molecule has 1 aliphatic carbocycles. The van der Waals surface area contributed by atoms with Crippen LogP contribution in [-0.2, 0) is 5.54 Å². The van der Waals surface area contributed by atoms with E-state index < -0.39 is 5.82 Å². The number of hydrogen-bond acceptors (Lipinski definition) is 3. The van der Waals surface area contributed by atoms with Crippen molar-refractivity contribution in [1.29, 1.82) is 0 Å². The molecule has 2 bridgehead atoms. The summed E-state index contributed by atoms with van der Waals surface area (Å²) in [5.74, 6) is 0.0321. The monoisotopic (exact) mass is 326 g/mol. The molecule has 2 amide bonds. The van der Waals surface area contributed by atoms with Crippen LogP contribution in [0.3, 0.4) is 0 Å². The molecule has 5 nitrogen and oxygen atoms in total. The van der Waals surface area contributed by atoms with Crippen LogP contribution < -0.4 is 5.73 Å². The van der Waals surface area contributed by atoms with E-state index in [4.69, 9.17) is 5.73 Å². The molecule has 124 valence electrons. The Morgan fingerprint density at radius 2 is 2.12 bits per heavy atom. The number of carbonyl (C=O) groups excluding carboxylic acids is 1. The van der Waals surface area contributed by atoms with Gasteiger partial charge in [-0.25, -0.2) is 19.2 Å². The third-order valence-electron chi connectivity index (χ3n) is 5.40. The summed E-state index contributed by atoms with van der Waals surface area (Å²) in [6.07, 6.45) is 6.31. The fourth-order valence-electron chi connectivity index (χ4n) is 4.30. The lowest BCUT2D eigenvalue weighted by Crippen LogP contribution is -2.69. The first kappa shape index (κ1) is 15.1. The number of nitrogens with two attached hydrogens (primary N) is 1. The highest BCUT2D eigenvalue weighted by molar-refractivity contribution is 5.76. The van der Waals surface area contributed by atoms with E-state index in [1.165, 1.54) is 12.4 Å². The molecule has 3 aliphatic rings. The predicted octanol–water partition coefficient (Wildman–Crippen LogP) is 3.12. The average Bonchev–Trinajstić information content (AvgIpc) is 2.56. The number of aryl methyl sites for hydroxylation is 1. The van der Waals surface area contributed by atoms with Gasteiger partial charge in [0.15, 0.2) is 11.6 Å². The zero-order chi connectivity index (χ0) is 16.9. The van der Waals surface area contributed by atoms with E-state index in [2.05, 4.69) is 16.0 Å². The molecule has 6 heteroatoms. The Balaban J connectivity index is 1.78. The molecule has 3 heterocycles. The predicted molar refractivity (Wildman–Crippen MR) is 87.5 cm³/mol. The Labute approximate surface area is 139 Å². The van der Waals surface area contributed by atoms with Crippen molar-refractivity contribution in [1.82, 2.24) is 14.9 Å². The van der Waals surface area contributed by atoms with Gasteiger partial charge in [0.25, 0.3) is 0 Å². The summed E-state index contributed by atoms with van der Waals surface area (Å²) in [5, 5.41) is 0. The first-order valence-corrected chi connectivity index (χ1v) is 8.19. The van der Waals surface area contributed by atoms with Crippen LogP contribution in [0.4, 0.5) is 9.18 Å². The molecule has 3 fully saturated rings. The minimum absolute atomic E-state index is 0.253. The Kier molecular flexibility index (Phi) is 3.30. The molecule has 1 aromatic heterocycles. The van der Waals surface area contributed by atoms with Crippen molar-refractivity contribution < 1.29 is 9.18 Å². The summed E-state index contributed by atoms with van der Waals surface area (Å²) in [6.45, 7) is 1.97. The first-order chi connectivity index (χ1) is 11.5. The normalized spacial score (nSPS) is 25.2. The summed E-state index contributed by atoms with van der Waals surface area (Å²) >= 11 is 0. The van der Waals surface area contributed by atoms with Gasteiger partial charge in [0, 0.05) is 11.6 Å². The minimum atomic E-state index is -0.458. The van der Waals surface area contributed by atoms with Gasteiger partial charge in [-0.2, -0.15) is 0 Å². The second kappa shape index (κ2) is 5.26. The zero-order valence-corrected chi connectivity index (χ0v) is 13.5. The van der Waals surface area contributed by atoms with Crippen molar-refractivity contribution in [2.24, 2.45) is 5.73 Å². The molecule has 0 radical (unpaired) electrons. The van der Waals surface area contributed by atoms with E-state index in [-0.39, 0.29) is 17.6 Å². The minimum Gasteiger partial charge on any atom is -0.351 e. The van der Waals surface area contributed by atoms with Gasteiger partial charge in [-0.05, 0) is 49.8 Å². The number of halogens is 1. The van der Waals surface area contributed by atoms with Gasteiger partial charge in [-0.3, -0.25) is 0 Å². The standard InChI is InChI=1S/C18H19FN4O/c1-11-4-5-12(7-15(11)16-21-9-13(19)10-22-16)18-6-2-3-14(8-18)23(18)17(20)24/h4-5,7,9-10,14H,2-3,6,8H2,1H3,(H2,20,24). The lowest BCUT2D eigenvalue weighted by molar-refractivity contribution is -0.0766. The molecule has 2 unspecified atom stereocenters. The van der Waals surface area contributed by atoms with Crippen LogP contribution in [0.1, 0.15) is 36.8 Å². The fraction of sp³-hybridized carbons (Fsp3) is 0.389. The molecule has 2 aliphatic heterocycles. The molecule has 2 aromatic rings. The van der Waals surface area contributed by atoms with Crippen molar-refractivity contribution in [2.75, 3.05) is 0 Å². The zero-order valence-electron chi connectivity index (χ0n) is 13.5. The van der Waals surface area contributed by atoms with Gasteiger partial charge in [-0.1, -0.05) is 12.1 Å². The third-order valence-corrected chi connectivity index (χ3v) is 5.40. The molecule has 24 heavy (non-hydrogen) atoms. The van der Waals surface area contributed by atoms with Crippen LogP contribution >= 0.6 is 0 Å². The lowest BCUT2D eigenvalue weighted by Gasteiger charge is -2.61. The molecule has 2 N–H and O–H groups in total. The number of aromatic nitrogens is 2. The van der Waals surface area contributed by atoms with Gasteiger partial charge in [0.2, 0.25) is 0 Å². The van der Waals surface area contributed by atoms with Crippen LogP contribution in [-0.4, -0.2) is 26.9 Å². The summed E-state index contributed by atoms with van der Waals surface area (Å²) in [6, 6.07) is 5.99. The van der Waals surface area contributed by atoms with Gasteiger partial charge in [-0.15, -0.1) is 0 Å². The number of benzene rings is 1. The maximum absolute atomic E-state index is 13.1. The van der Waals surface area contributed by atoms with Crippen molar-refractivity contribution >= 4 is 6.03 Å². The SMILES string of the molecule is Cc1ccc(C23CCCC(C2)N3C(N)=O)cc1-c1ncc(F)cn1. The molecule has 2 saturated heterocycles. The Morgan fingerprint density at radius 1 is 1.38 bits per heavy atom. The average molecular weight is 326 g/mol. The lowest BCUT2D eigenvalue weighted by atomic mass is 9.64. The number of urea groups is 1. The first-order valence-electron chi connectivity index (χ1n) is 8.19. The largest absolute Gasteiger partial charge is 0.351 e. The van der Waals surface area contributed by atoms with E-state index in [0.717, 1.165) is 42.4 Å². The molecule has 5 rings (SSSR count). The van der Waals surface area contributed by atoms with Crippen LogP contribution in [0.5, 0.6) is 0 Å². The number of hydrogen-bond donors (Lipinski definition) is 1. The smallest absolute Gasteiger partial charge is 0.315 e. The third kappa shape index (κ3) is 2.09. The summed E-state index contributed by atoms with van der Waals surface area (Å²) < 4.78 is 13.1. The second-order valence-corrected chi connectivity index (χ2v) is 6.74. The van der Waals surface area contributed by atoms with Gasteiger partial charge < -0.3 is 10.6 Å². The highest BCUT2D eigenvalue weighted by Gasteiger charge is 2.56. The molecule has 2 atom stereocenters. The number of piperidine rings is 1. The van der Waals surface area contributed by atoms with Gasteiger partial charge in [0.1, 0.15) is 0 Å². The molecular formula is C18H19FN4O.